The molecule has 2 aromatic carbocycles. The number of methoxy groups -OCH3 is 1. The van der Waals surface area contributed by atoms with Crippen LogP contribution in [-0.2, 0) is 4.79 Å². The van der Waals surface area contributed by atoms with Gasteiger partial charge in [0, 0.05) is 18.2 Å². The van der Waals surface area contributed by atoms with Crippen LogP contribution >= 0.6 is 34.5 Å². The highest BCUT2D eigenvalue weighted by Crippen LogP contribution is 2.34. The Labute approximate surface area is 167 Å². The number of ether oxygens (including phenoxy) is 1. The predicted molar refractivity (Wildman–Crippen MR) is 107 cm³/mol. The summed E-state index contributed by atoms with van der Waals surface area (Å²) in [5, 5.41) is 14.4. The van der Waals surface area contributed by atoms with E-state index in [2.05, 4.69) is 10.3 Å². The number of anilines is 1. The molecule has 0 bridgehead atoms. The summed E-state index contributed by atoms with van der Waals surface area (Å²) in [6.07, 6.45) is 2.71. The summed E-state index contributed by atoms with van der Waals surface area (Å²) in [7, 11) is 1.52. The number of amides is 1. The van der Waals surface area contributed by atoms with E-state index in [0.29, 0.717) is 27.0 Å². The van der Waals surface area contributed by atoms with Crippen molar-refractivity contribution in [3.8, 4) is 5.75 Å². The van der Waals surface area contributed by atoms with Gasteiger partial charge < -0.3 is 4.74 Å². The van der Waals surface area contributed by atoms with Gasteiger partial charge in [0.25, 0.3) is 5.69 Å². The Bertz CT molecular complexity index is 1080. The normalized spacial score (nSPS) is 11.1. The molecule has 0 unspecified atom stereocenters. The number of hydrogen-bond acceptors (Lipinski definition) is 6. The number of aromatic nitrogens is 1. The fourth-order valence-electron chi connectivity index (χ4n) is 2.23. The van der Waals surface area contributed by atoms with Crippen molar-refractivity contribution in [3.05, 3.63) is 62.1 Å². The van der Waals surface area contributed by atoms with Gasteiger partial charge in [0.05, 0.1) is 27.3 Å². The Balaban J connectivity index is 1.76. The smallest absolute Gasteiger partial charge is 0.288 e. The van der Waals surface area contributed by atoms with E-state index in [4.69, 9.17) is 27.9 Å². The molecule has 0 aliphatic carbocycles. The van der Waals surface area contributed by atoms with Crippen LogP contribution in [-0.4, -0.2) is 22.9 Å². The second-order valence-corrected chi connectivity index (χ2v) is 7.11. The highest BCUT2D eigenvalue weighted by Gasteiger charge is 2.12. The average molecular weight is 424 g/mol. The van der Waals surface area contributed by atoms with Gasteiger partial charge in [0.2, 0.25) is 5.91 Å². The van der Waals surface area contributed by atoms with Crippen molar-refractivity contribution in [1.29, 1.82) is 0 Å². The molecule has 27 heavy (non-hydrogen) atoms. The van der Waals surface area contributed by atoms with E-state index < -0.39 is 10.8 Å². The molecule has 0 saturated carbocycles. The largest absolute Gasteiger partial charge is 0.495 e. The van der Waals surface area contributed by atoms with Gasteiger partial charge >= 0.3 is 0 Å². The van der Waals surface area contributed by atoms with Gasteiger partial charge in [0.1, 0.15) is 10.8 Å². The van der Waals surface area contributed by atoms with Crippen LogP contribution in [0.25, 0.3) is 16.3 Å². The number of carbonyl (C=O) groups is 1. The van der Waals surface area contributed by atoms with E-state index in [1.807, 2.05) is 0 Å². The first-order chi connectivity index (χ1) is 12.9. The van der Waals surface area contributed by atoms with Crippen molar-refractivity contribution in [3.63, 3.8) is 0 Å². The van der Waals surface area contributed by atoms with Crippen molar-refractivity contribution < 1.29 is 14.5 Å². The molecule has 1 heterocycles. The summed E-state index contributed by atoms with van der Waals surface area (Å²) >= 11 is 13.1. The standard InChI is InChI=1S/C17H11Cl2N3O4S/c1-26-14-8-15-12(7-11(14)19)20-17(27-15)21-16(23)5-3-9-2-4-10(18)13(6-9)22(24)25/h2-8H,1H3,(H,20,21,23)/b5-3+. The highest BCUT2D eigenvalue weighted by molar-refractivity contribution is 7.22. The second-order valence-electron chi connectivity index (χ2n) is 5.26. The van der Waals surface area contributed by atoms with E-state index in [0.717, 1.165) is 4.70 Å². The molecular weight excluding hydrogens is 413 g/mol. The Kier molecular flexibility index (Phi) is 5.59. The lowest BCUT2D eigenvalue weighted by Gasteiger charge is -2.00. The number of nitrogens with one attached hydrogen (secondary N) is 1. The molecule has 1 amide bonds. The van der Waals surface area contributed by atoms with E-state index in [-0.39, 0.29) is 10.7 Å². The van der Waals surface area contributed by atoms with Gasteiger partial charge in [-0.1, -0.05) is 40.6 Å². The molecule has 0 aliphatic heterocycles. The van der Waals surface area contributed by atoms with Crippen molar-refractivity contribution >= 4 is 67.6 Å². The van der Waals surface area contributed by atoms with Crippen molar-refractivity contribution in [2.24, 2.45) is 0 Å². The third-order valence-electron chi connectivity index (χ3n) is 3.49. The van der Waals surface area contributed by atoms with Crippen LogP contribution in [0.2, 0.25) is 10.0 Å². The van der Waals surface area contributed by atoms with E-state index in [1.165, 1.54) is 42.7 Å². The maximum atomic E-state index is 12.1. The lowest BCUT2D eigenvalue weighted by Crippen LogP contribution is -2.07. The Morgan fingerprint density at radius 3 is 2.78 bits per heavy atom. The Morgan fingerprint density at radius 2 is 2.07 bits per heavy atom. The molecule has 10 heteroatoms. The van der Waals surface area contributed by atoms with Crippen molar-refractivity contribution in [2.75, 3.05) is 12.4 Å². The van der Waals surface area contributed by atoms with Crippen LogP contribution < -0.4 is 10.1 Å². The SMILES string of the molecule is COc1cc2sc(NC(=O)/C=C/c3ccc(Cl)c([N+](=O)[O-])c3)nc2cc1Cl. The summed E-state index contributed by atoms with van der Waals surface area (Å²) in [5.41, 5.74) is 0.886. The monoisotopic (exact) mass is 423 g/mol. The highest BCUT2D eigenvalue weighted by atomic mass is 35.5. The minimum Gasteiger partial charge on any atom is -0.495 e. The van der Waals surface area contributed by atoms with Crippen LogP contribution in [0.3, 0.4) is 0 Å². The van der Waals surface area contributed by atoms with Crippen molar-refractivity contribution in [2.45, 2.75) is 0 Å². The van der Waals surface area contributed by atoms with Crippen LogP contribution in [0.4, 0.5) is 10.8 Å². The summed E-state index contributed by atoms with van der Waals surface area (Å²) in [6, 6.07) is 7.67. The first kappa shape index (κ1) is 19.1. The number of fused-ring (bicyclic) bond motifs is 1. The molecule has 0 radical (unpaired) electrons. The Morgan fingerprint density at radius 1 is 1.30 bits per heavy atom. The Hall–Kier alpha value is -2.68. The number of carbonyl (C=O) groups excluding carboxylic acids is 1. The molecule has 0 saturated heterocycles. The van der Waals surface area contributed by atoms with Crippen molar-refractivity contribution in [1.82, 2.24) is 4.98 Å². The molecule has 1 aromatic heterocycles. The number of hydrogen-bond donors (Lipinski definition) is 1. The number of halogens is 2. The quantitative estimate of drug-likeness (QED) is 0.346. The lowest BCUT2D eigenvalue weighted by atomic mass is 10.2. The number of nitro groups is 1. The first-order valence-corrected chi connectivity index (χ1v) is 9.01. The predicted octanol–water partition coefficient (Wildman–Crippen LogP) is 5.17. The van der Waals surface area contributed by atoms with E-state index >= 15 is 0 Å². The van der Waals surface area contributed by atoms with Crippen LogP contribution in [0.15, 0.2) is 36.4 Å². The van der Waals surface area contributed by atoms with Gasteiger partial charge in [-0.3, -0.25) is 20.2 Å². The van der Waals surface area contributed by atoms with Gasteiger partial charge in [-0.2, -0.15) is 0 Å². The minimum atomic E-state index is -0.583. The molecule has 7 nitrogen and oxygen atoms in total. The summed E-state index contributed by atoms with van der Waals surface area (Å²) < 4.78 is 5.97. The summed E-state index contributed by atoms with van der Waals surface area (Å²) in [4.78, 5) is 26.7. The number of rotatable bonds is 5. The van der Waals surface area contributed by atoms with Crippen LogP contribution in [0.1, 0.15) is 5.56 Å². The fraction of sp³-hybridized carbons (Fsp3) is 0.0588. The minimum absolute atomic E-state index is 0.0326. The molecule has 1 N–H and O–H groups in total. The molecule has 0 aliphatic rings. The van der Waals surface area contributed by atoms with Crippen LogP contribution in [0.5, 0.6) is 5.75 Å². The molecule has 3 rings (SSSR count). The molecule has 3 aromatic rings. The maximum Gasteiger partial charge on any atom is 0.288 e. The molecule has 138 valence electrons. The third-order valence-corrected chi connectivity index (χ3v) is 5.03. The zero-order chi connectivity index (χ0) is 19.6. The molecule has 0 atom stereocenters. The topological polar surface area (TPSA) is 94.4 Å². The summed E-state index contributed by atoms with van der Waals surface area (Å²) in [6.45, 7) is 0. The van der Waals surface area contributed by atoms with Gasteiger partial charge in [-0.05, 0) is 23.8 Å². The lowest BCUT2D eigenvalue weighted by molar-refractivity contribution is -0.384. The van der Waals surface area contributed by atoms with E-state index in [1.54, 1.807) is 18.2 Å². The zero-order valence-corrected chi connectivity index (χ0v) is 16.1. The molecule has 0 fully saturated rings. The summed E-state index contributed by atoms with van der Waals surface area (Å²) in [5.74, 6) is 0.0969. The number of benzene rings is 2. The average Bonchev–Trinajstić information content (AvgIpc) is 3.00. The molecular formula is C17H11Cl2N3O4S. The first-order valence-electron chi connectivity index (χ1n) is 7.44. The van der Waals surface area contributed by atoms with Gasteiger partial charge in [-0.15, -0.1) is 0 Å². The van der Waals surface area contributed by atoms with Gasteiger partial charge in [0.15, 0.2) is 5.13 Å². The van der Waals surface area contributed by atoms with Crippen LogP contribution in [0, 0.1) is 10.1 Å². The maximum absolute atomic E-state index is 12.1. The third kappa shape index (κ3) is 4.36. The number of nitrogens with zero attached hydrogens (tertiary/aromatic N) is 2. The number of nitro benzene ring substituents is 1. The molecule has 0 spiro atoms. The zero-order valence-electron chi connectivity index (χ0n) is 13.7. The second kappa shape index (κ2) is 7.91. The van der Waals surface area contributed by atoms with Gasteiger partial charge in [-0.25, -0.2) is 4.98 Å². The van der Waals surface area contributed by atoms with E-state index in [9.17, 15) is 14.9 Å². The fourth-order valence-corrected chi connectivity index (χ4v) is 3.53. The number of thiazole rings is 1.